The van der Waals surface area contributed by atoms with Crippen LogP contribution in [0.15, 0.2) is 30.5 Å². The van der Waals surface area contributed by atoms with Gasteiger partial charge in [-0.15, -0.1) is 0 Å². The van der Waals surface area contributed by atoms with Crippen LogP contribution in [0.2, 0.25) is 0 Å². The Morgan fingerprint density at radius 1 is 1.32 bits per heavy atom. The van der Waals surface area contributed by atoms with Crippen molar-refractivity contribution in [2.24, 2.45) is 0 Å². The summed E-state index contributed by atoms with van der Waals surface area (Å²) in [5, 5.41) is 12.9. The summed E-state index contributed by atoms with van der Waals surface area (Å²) in [6.07, 6.45) is 3.82. The number of anilines is 1. The zero-order valence-electron chi connectivity index (χ0n) is 16.9. The van der Waals surface area contributed by atoms with Crippen molar-refractivity contribution >= 4 is 27.6 Å². The van der Waals surface area contributed by atoms with Crippen LogP contribution < -0.4 is 10.6 Å². The number of hydrogen-bond acceptors (Lipinski definition) is 5. The molecule has 1 saturated heterocycles. The summed E-state index contributed by atoms with van der Waals surface area (Å²) in [5.74, 6) is -3.71. The molecule has 1 amide bonds. The van der Waals surface area contributed by atoms with E-state index < -0.39 is 44.8 Å². The maximum absolute atomic E-state index is 14.7. The fourth-order valence-corrected chi connectivity index (χ4v) is 5.05. The van der Waals surface area contributed by atoms with Gasteiger partial charge in [0.05, 0.1) is 11.3 Å². The number of carbonyl (C=O) groups is 1. The van der Waals surface area contributed by atoms with E-state index in [1.54, 1.807) is 12.3 Å². The molecule has 2 heterocycles. The van der Waals surface area contributed by atoms with Crippen molar-refractivity contribution < 1.29 is 22.0 Å². The minimum atomic E-state index is -3.92. The Morgan fingerprint density at radius 2 is 2.03 bits per heavy atom. The van der Waals surface area contributed by atoms with Crippen LogP contribution in [0.25, 0.3) is 0 Å². The summed E-state index contributed by atoms with van der Waals surface area (Å²) in [6.45, 7) is 1.35. The average molecular weight is 449 g/mol. The first-order valence-electron chi connectivity index (χ1n) is 9.60. The second-order valence-corrected chi connectivity index (χ2v) is 10.1. The molecule has 11 heteroatoms. The number of nitrogens with one attached hydrogen (secondary N) is 3. The zero-order chi connectivity index (χ0) is 22.6. The molecule has 3 N–H and O–H groups in total. The summed E-state index contributed by atoms with van der Waals surface area (Å²) < 4.78 is 54.4. The van der Waals surface area contributed by atoms with Gasteiger partial charge in [-0.25, -0.2) is 21.5 Å². The van der Waals surface area contributed by atoms with Gasteiger partial charge in [0.25, 0.3) is 5.91 Å². The van der Waals surface area contributed by atoms with Gasteiger partial charge in [0.2, 0.25) is 16.0 Å². The monoisotopic (exact) mass is 449 g/mol. The Balaban J connectivity index is 1.63. The fourth-order valence-electron chi connectivity index (χ4n) is 3.58. The van der Waals surface area contributed by atoms with Crippen molar-refractivity contribution in [1.29, 1.82) is 5.41 Å². The molecule has 1 atom stereocenters. The number of aromatic nitrogens is 1. The van der Waals surface area contributed by atoms with Crippen LogP contribution >= 0.6 is 0 Å². The van der Waals surface area contributed by atoms with Crippen molar-refractivity contribution in [2.75, 3.05) is 18.1 Å². The van der Waals surface area contributed by atoms with Crippen LogP contribution in [-0.2, 0) is 15.6 Å². The normalized spacial score (nSPS) is 22.7. The number of hydrogen-bond donors (Lipinski definition) is 3. The molecule has 31 heavy (non-hydrogen) atoms. The van der Waals surface area contributed by atoms with E-state index in [2.05, 4.69) is 15.6 Å². The largest absolute Gasteiger partial charge is 0.345 e. The lowest BCUT2D eigenvalue weighted by atomic mass is 9.92. The number of pyridine rings is 1. The molecule has 1 aliphatic carbocycles. The number of rotatable bonds is 4. The first-order chi connectivity index (χ1) is 14.5. The fraction of sp³-hybridized carbons (Fsp3) is 0.350. The van der Waals surface area contributed by atoms with Crippen LogP contribution in [0.3, 0.4) is 0 Å². The molecule has 1 saturated carbocycles. The first-order valence-corrected chi connectivity index (χ1v) is 11.2. The van der Waals surface area contributed by atoms with Crippen LogP contribution in [0.1, 0.15) is 47.3 Å². The highest BCUT2D eigenvalue weighted by atomic mass is 32.2. The van der Waals surface area contributed by atoms with Gasteiger partial charge in [-0.05, 0) is 43.4 Å². The second-order valence-electron chi connectivity index (χ2n) is 8.05. The third-order valence-electron chi connectivity index (χ3n) is 5.55. The van der Waals surface area contributed by atoms with E-state index >= 15 is 0 Å². The van der Waals surface area contributed by atoms with Gasteiger partial charge in [-0.2, -0.15) is 0 Å². The van der Waals surface area contributed by atoms with E-state index in [0.29, 0.717) is 5.92 Å². The minimum Gasteiger partial charge on any atom is -0.345 e. The third-order valence-corrected chi connectivity index (χ3v) is 7.51. The van der Waals surface area contributed by atoms with Crippen molar-refractivity contribution in [1.82, 2.24) is 14.6 Å². The molecule has 164 valence electrons. The summed E-state index contributed by atoms with van der Waals surface area (Å²) >= 11 is 0. The van der Waals surface area contributed by atoms with Gasteiger partial charge in [-0.1, -0.05) is 6.07 Å². The standard InChI is InChI=1S/C20H21F2N5O3S/c1-20(10-31(29,30)27(2)19(23)26-20)14-7-13(8-15(21)17(14)22)25-18(28)16-6-5-12(9-24-16)11-3-4-11/h5-9,11H,3-4,10H2,1-2H3,(H2,23,26)(H,25,28)/t20-/m0/s1. The van der Waals surface area contributed by atoms with E-state index in [0.717, 1.165) is 34.8 Å². The van der Waals surface area contributed by atoms with Crippen LogP contribution in [0.5, 0.6) is 0 Å². The van der Waals surface area contributed by atoms with E-state index in [-0.39, 0.29) is 16.9 Å². The van der Waals surface area contributed by atoms with Crippen molar-refractivity contribution in [3.05, 3.63) is 58.9 Å². The molecule has 0 radical (unpaired) electrons. The van der Waals surface area contributed by atoms with Crippen molar-refractivity contribution in [2.45, 2.75) is 31.2 Å². The van der Waals surface area contributed by atoms with Gasteiger partial charge in [0.1, 0.15) is 5.69 Å². The Kier molecular flexibility index (Phi) is 4.95. The van der Waals surface area contributed by atoms with Crippen LogP contribution in [0.4, 0.5) is 14.5 Å². The number of nitrogens with zero attached hydrogens (tertiary/aromatic N) is 2. The lowest BCUT2D eigenvalue weighted by Crippen LogP contribution is -2.61. The Morgan fingerprint density at radius 3 is 2.61 bits per heavy atom. The SMILES string of the molecule is CN1C(=N)N[C@](C)(c2cc(NC(=O)c3ccc(C4CC4)cn3)cc(F)c2F)CS1(=O)=O. The van der Waals surface area contributed by atoms with E-state index in [4.69, 9.17) is 5.41 Å². The average Bonchev–Trinajstić information content (AvgIpc) is 3.54. The van der Waals surface area contributed by atoms with Gasteiger partial charge < -0.3 is 10.6 Å². The summed E-state index contributed by atoms with van der Waals surface area (Å²) in [7, 11) is -2.73. The van der Waals surface area contributed by atoms with Gasteiger partial charge in [0.15, 0.2) is 11.6 Å². The number of guanidine groups is 1. The number of carbonyl (C=O) groups excluding carboxylic acids is 1. The highest BCUT2D eigenvalue weighted by molar-refractivity contribution is 7.89. The first kappa shape index (κ1) is 21.2. The van der Waals surface area contributed by atoms with Gasteiger partial charge in [0, 0.05) is 30.6 Å². The molecular weight excluding hydrogens is 428 g/mol. The van der Waals surface area contributed by atoms with Crippen LogP contribution in [0, 0.1) is 17.0 Å². The molecule has 1 aromatic carbocycles. The molecule has 2 aromatic rings. The quantitative estimate of drug-likeness (QED) is 0.664. The van der Waals surface area contributed by atoms with Crippen molar-refractivity contribution in [3.8, 4) is 0 Å². The summed E-state index contributed by atoms with van der Waals surface area (Å²) in [5.41, 5.74) is -0.822. The number of amides is 1. The molecule has 0 spiro atoms. The summed E-state index contributed by atoms with van der Waals surface area (Å²) in [6, 6.07) is 5.36. The second kappa shape index (κ2) is 7.26. The molecule has 1 aromatic heterocycles. The lowest BCUT2D eigenvalue weighted by molar-refractivity contribution is 0.102. The molecule has 0 bridgehead atoms. The maximum atomic E-state index is 14.7. The number of benzene rings is 1. The lowest BCUT2D eigenvalue weighted by Gasteiger charge is -2.40. The molecule has 0 unspecified atom stereocenters. The Bertz CT molecular complexity index is 1180. The topological polar surface area (TPSA) is 115 Å². The highest BCUT2D eigenvalue weighted by Crippen LogP contribution is 2.39. The Labute approximate surface area is 178 Å². The van der Waals surface area contributed by atoms with Crippen molar-refractivity contribution in [3.63, 3.8) is 0 Å². The molecule has 4 rings (SSSR count). The van der Waals surface area contributed by atoms with Gasteiger partial charge in [-0.3, -0.25) is 15.2 Å². The third kappa shape index (κ3) is 3.97. The highest BCUT2D eigenvalue weighted by Gasteiger charge is 2.44. The molecule has 2 aliphatic rings. The maximum Gasteiger partial charge on any atom is 0.274 e. The molecule has 1 aliphatic heterocycles. The predicted molar refractivity (Wildman–Crippen MR) is 110 cm³/mol. The van der Waals surface area contributed by atoms with E-state index in [1.807, 2.05) is 6.07 Å². The van der Waals surface area contributed by atoms with Gasteiger partial charge >= 0.3 is 0 Å². The molecular formula is C20H21F2N5O3S. The Hall–Kier alpha value is -3.08. The predicted octanol–water partition coefficient (Wildman–Crippen LogP) is 2.50. The summed E-state index contributed by atoms with van der Waals surface area (Å²) in [4.78, 5) is 16.7. The smallest absolute Gasteiger partial charge is 0.274 e. The van der Waals surface area contributed by atoms with E-state index in [9.17, 15) is 22.0 Å². The molecule has 8 nitrogen and oxygen atoms in total. The number of halogens is 2. The minimum absolute atomic E-state index is 0.0575. The van der Waals surface area contributed by atoms with Crippen LogP contribution in [-0.4, -0.2) is 42.4 Å². The zero-order valence-corrected chi connectivity index (χ0v) is 17.7. The number of sulfonamides is 1. The van der Waals surface area contributed by atoms with E-state index in [1.165, 1.54) is 14.0 Å². The molecule has 2 fully saturated rings.